The summed E-state index contributed by atoms with van der Waals surface area (Å²) in [6.07, 6.45) is 0. The van der Waals surface area contributed by atoms with Crippen LogP contribution in [-0.2, 0) is 5.75 Å². The molecule has 2 aromatic heterocycles. The average molecular weight is 246 g/mol. The number of hydrogen-bond donors (Lipinski definition) is 1. The summed E-state index contributed by atoms with van der Waals surface area (Å²) < 4.78 is 1.76. The Morgan fingerprint density at radius 3 is 3.15 bits per heavy atom. The predicted molar refractivity (Wildman–Crippen MR) is 61.2 cm³/mol. The van der Waals surface area contributed by atoms with Crippen molar-refractivity contribution in [3.05, 3.63) is 26.3 Å². The molecular weight excluding hydrogens is 240 g/mol. The molecule has 0 bridgehead atoms. The molecule has 2 aromatic rings. The molecule has 0 atom stereocenters. The topological polar surface area (TPSA) is 28.7 Å². The van der Waals surface area contributed by atoms with Gasteiger partial charge in [-0.1, -0.05) is 29.2 Å². The first-order valence-electron chi connectivity index (χ1n) is 3.55. The first-order chi connectivity index (χ1) is 6.34. The lowest BCUT2D eigenvalue weighted by atomic mass is 10.5. The van der Waals surface area contributed by atoms with Crippen LogP contribution in [0.5, 0.6) is 0 Å². The minimum Gasteiger partial charge on any atom is -0.257 e. The average Bonchev–Trinajstić information content (AvgIpc) is 2.71. The zero-order chi connectivity index (χ0) is 9.10. The lowest BCUT2D eigenvalue weighted by Gasteiger charge is -1.91. The first-order valence-corrected chi connectivity index (χ1v) is 6.64. The predicted octanol–water partition coefficient (Wildman–Crippen LogP) is 3.55. The van der Waals surface area contributed by atoms with Crippen molar-refractivity contribution in [3.8, 4) is 0 Å². The summed E-state index contributed by atoms with van der Waals surface area (Å²) in [5.41, 5.74) is 0. The van der Waals surface area contributed by atoms with Gasteiger partial charge in [-0.05, 0) is 23.7 Å². The van der Waals surface area contributed by atoms with Crippen molar-refractivity contribution in [2.75, 3.05) is 0 Å². The Hall–Kier alpha value is -0.170. The SMILES string of the molecule is S=c1[nH]nc(SCc2cccs2)s1. The van der Waals surface area contributed by atoms with Gasteiger partial charge in [-0.2, -0.15) is 5.10 Å². The molecule has 0 radical (unpaired) electrons. The van der Waals surface area contributed by atoms with E-state index in [9.17, 15) is 0 Å². The van der Waals surface area contributed by atoms with Gasteiger partial charge in [-0.3, -0.25) is 5.10 Å². The van der Waals surface area contributed by atoms with Gasteiger partial charge in [0, 0.05) is 10.6 Å². The standard InChI is InChI=1S/C7H6N2S4/c10-6-8-9-7(13-6)12-4-5-2-1-3-11-5/h1-3H,4H2,(H,8,10). The molecule has 2 heterocycles. The van der Waals surface area contributed by atoms with Crippen LogP contribution in [-0.4, -0.2) is 10.2 Å². The van der Waals surface area contributed by atoms with Gasteiger partial charge in [0.25, 0.3) is 0 Å². The monoisotopic (exact) mass is 246 g/mol. The van der Waals surface area contributed by atoms with E-state index in [1.54, 1.807) is 23.1 Å². The Kier molecular flexibility index (Phi) is 3.15. The van der Waals surface area contributed by atoms with Crippen LogP contribution in [0.3, 0.4) is 0 Å². The van der Waals surface area contributed by atoms with Gasteiger partial charge in [0.05, 0.1) is 0 Å². The van der Waals surface area contributed by atoms with E-state index in [-0.39, 0.29) is 0 Å². The smallest absolute Gasteiger partial charge is 0.177 e. The third-order valence-electron chi connectivity index (χ3n) is 1.34. The van der Waals surface area contributed by atoms with E-state index in [1.807, 2.05) is 0 Å². The molecule has 0 aliphatic carbocycles. The number of nitrogens with zero attached hydrogens (tertiary/aromatic N) is 1. The molecule has 0 amide bonds. The molecule has 2 nitrogen and oxygen atoms in total. The highest BCUT2D eigenvalue weighted by atomic mass is 32.2. The van der Waals surface area contributed by atoms with E-state index >= 15 is 0 Å². The number of aromatic nitrogens is 2. The second-order valence-electron chi connectivity index (χ2n) is 2.25. The van der Waals surface area contributed by atoms with Gasteiger partial charge in [-0.15, -0.1) is 11.3 Å². The van der Waals surface area contributed by atoms with Crippen LogP contribution in [0.4, 0.5) is 0 Å². The first kappa shape index (κ1) is 9.39. The maximum Gasteiger partial charge on any atom is 0.177 e. The van der Waals surface area contributed by atoms with E-state index in [0.29, 0.717) is 0 Å². The van der Waals surface area contributed by atoms with E-state index in [1.165, 1.54) is 16.2 Å². The highest BCUT2D eigenvalue weighted by Crippen LogP contribution is 2.26. The molecule has 6 heteroatoms. The quantitative estimate of drug-likeness (QED) is 0.663. The number of thioether (sulfide) groups is 1. The third kappa shape index (κ3) is 2.63. The molecule has 68 valence electrons. The van der Waals surface area contributed by atoms with Gasteiger partial charge in [0.1, 0.15) is 0 Å². The minimum absolute atomic E-state index is 0.744. The molecule has 0 aromatic carbocycles. The van der Waals surface area contributed by atoms with Crippen molar-refractivity contribution in [2.45, 2.75) is 10.1 Å². The Balaban J connectivity index is 1.97. The molecule has 2 rings (SSSR count). The molecule has 0 saturated heterocycles. The molecule has 0 aliphatic heterocycles. The Labute approximate surface area is 93.0 Å². The molecule has 0 spiro atoms. The van der Waals surface area contributed by atoms with Crippen molar-refractivity contribution in [2.24, 2.45) is 0 Å². The van der Waals surface area contributed by atoms with Gasteiger partial charge in [-0.25, -0.2) is 0 Å². The van der Waals surface area contributed by atoms with Gasteiger partial charge < -0.3 is 0 Å². The highest BCUT2D eigenvalue weighted by molar-refractivity contribution is 8.00. The van der Waals surface area contributed by atoms with Crippen LogP contribution in [0.15, 0.2) is 21.9 Å². The fraction of sp³-hybridized carbons (Fsp3) is 0.143. The van der Waals surface area contributed by atoms with Crippen LogP contribution in [0, 0.1) is 3.95 Å². The summed E-state index contributed by atoms with van der Waals surface area (Å²) in [7, 11) is 0. The zero-order valence-corrected chi connectivity index (χ0v) is 9.79. The number of H-pyrrole nitrogens is 1. The van der Waals surface area contributed by atoms with Gasteiger partial charge in [0.2, 0.25) is 0 Å². The maximum absolute atomic E-state index is 4.94. The normalized spacial score (nSPS) is 10.5. The van der Waals surface area contributed by atoms with E-state index in [4.69, 9.17) is 12.2 Å². The van der Waals surface area contributed by atoms with E-state index in [2.05, 4.69) is 27.7 Å². The number of thiophene rings is 1. The van der Waals surface area contributed by atoms with Crippen molar-refractivity contribution in [1.82, 2.24) is 10.2 Å². The minimum atomic E-state index is 0.744. The summed E-state index contributed by atoms with van der Waals surface area (Å²) >= 11 is 9.95. The lowest BCUT2D eigenvalue weighted by Crippen LogP contribution is -1.73. The second kappa shape index (κ2) is 4.36. The van der Waals surface area contributed by atoms with Crippen LogP contribution in [0.2, 0.25) is 0 Å². The van der Waals surface area contributed by atoms with Crippen molar-refractivity contribution < 1.29 is 0 Å². The maximum atomic E-state index is 4.94. The Morgan fingerprint density at radius 2 is 2.54 bits per heavy atom. The second-order valence-corrected chi connectivity index (χ2v) is 6.17. The fourth-order valence-corrected chi connectivity index (χ4v) is 3.66. The van der Waals surface area contributed by atoms with Crippen LogP contribution >= 0.6 is 46.7 Å². The number of aromatic amines is 1. The van der Waals surface area contributed by atoms with Crippen LogP contribution in [0.1, 0.15) is 4.88 Å². The molecule has 0 unspecified atom stereocenters. The fourth-order valence-electron chi connectivity index (χ4n) is 0.806. The molecule has 0 fully saturated rings. The lowest BCUT2D eigenvalue weighted by molar-refractivity contribution is 1.00. The van der Waals surface area contributed by atoms with Crippen LogP contribution < -0.4 is 0 Å². The molecule has 0 saturated carbocycles. The highest BCUT2D eigenvalue weighted by Gasteiger charge is 1.99. The van der Waals surface area contributed by atoms with Crippen molar-refractivity contribution in [3.63, 3.8) is 0 Å². The number of hydrogen-bond acceptors (Lipinski definition) is 5. The summed E-state index contributed by atoms with van der Waals surface area (Å²) in [5.74, 6) is 0.980. The van der Waals surface area contributed by atoms with Crippen molar-refractivity contribution >= 4 is 46.7 Å². The largest absolute Gasteiger partial charge is 0.257 e. The molecule has 13 heavy (non-hydrogen) atoms. The molecule has 0 aliphatic rings. The summed E-state index contributed by atoms with van der Waals surface area (Å²) in [4.78, 5) is 1.37. The molecule has 1 N–H and O–H groups in total. The van der Waals surface area contributed by atoms with Crippen LogP contribution in [0.25, 0.3) is 0 Å². The van der Waals surface area contributed by atoms with Crippen molar-refractivity contribution in [1.29, 1.82) is 0 Å². The summed E-state index contributed by atoms with van der Waals surface area (Å²) in [6, 6.07) is 4.19. The summed E-state index contributed by atoms with van der Waals surface area (Å²) in [6.45, 7) is 0. The van der Waals surface area contributed by atoms with E-state index in [0.717, 1.165) is 14.0 Å². The third-order valence-corrected chi connectivity index (χ3v) is 4.68. The van der Waals surface area contributed by atoms with Gasteiger partial charge in [0.15, 0.2) is 8.29 Å². The van der Waals surface area contributed by atoms with E-state index < -0.39 is 0 Å². The number of nitrogens with one attached hydrogen (secondary N) is 1. The number of rotatable bonds is 3. The van der Waals surface area contributed by atoms with Gasteiger partial charge >= 0.3 is 0 Å². The Morgan fingerprint density at radius 1 is 1.62 bits per heavy atom. The Bertz CT molecular complexity index is 414. The zero-order valence-electron chi connectivity index (χ0n) is 6.52. The summed E-state index contributed by atoms with van der Waals surface area (Å²) in [5, 5.41) is 8.92. The molecular formula is C7H6N2S4.